The summed E-state index contributed by atoms with van der Waals surface area (Å²) in [5, 5.41) is 12.9. The van der Waals surface area contributed by atoms with Crippen molar-refractivity contribution in [1.82, 2.24) is 9.78 Å². The maximum absolute atomic E-state index is 13.5. The molecular weight excluding hydrogens is 239 g/mol. The Bertz CT molecular complexity index is 540. The molecule has 18 heavy (non-hydrogen) atoms. The van der Waals surface area contributed by atoms with Gasteiger partial charge in [0.15, 0.2) is 11.6 Å². The third kappa shape index (κ3) is 2.65. The number of aromatic nitrogens is 2. The Labute approximate surface area is 102 Å². The lowest BCUT2D eigenvalue weighted by Crippen LogP contribution is -2.11. The molecule has 1 heterocycles. The lowest BCUT2D eigenvalue weighted by atomic mass is 10.2. The topological polar surface area (TPSA) is 64.3 Å². The maximum Gasteiger partial charge on any atom is 0.339 e. The van der Waals surface area contributed by atoms with Gasteiger partial charge in [0.1, 0.15) is 12.2 Å². The zero-order chi connectivity index (χ0) is 13.0. The summed E-state index contributed by atoms with van der Waals surface area (Å²) in [6.07, 6.45) is 3.36. The number of para-hydroxylation sites is 1. The number of aromatic carboxylic acids is 1. The van der Waals surface area contributed by atoms with Crippen LogP contribution in [0.15, 0.2) is 36.7 Å². The predicted molar refractivity (Wildman–Crippen MR) is 61.1 cm³/mol. The summed E-state index contributed by atoms with van der Waals surface area (Å²) in [6.45, 7) is 0.559. The molecule has 94 valence electrons. The first-order valence-corrected chi connectivity index (χ1v) is 5.30. The van der Waals surface area contributed by atoms with Crippen LogP contribution in [0.5, 0.6) is 5.75 Å². The van der Waals surface area contributed by atoms with Crippen LogP contribution in [0.25, 0.3) is 0 Å². The monoisotopic (exact) mass is 250 g/mol. The summed E-state index contributed by atoms with van der Waals surface area (Å²) >= 11 is 0. The molecule has 1 aromatic carbocycles. The number of ether oxygens (including phenoxy) is 1. The zero-order valence-corrected chi connectivity index (χ0v) is 9.41. The molecule has 0 spiro atoms. The standard InChI is InChI=1S/C12H11FN2O3/c13-10-4-1-3-9(12(16)17)11(10)18-8-7-15-6-2-5-14-15/h1-6H,7-8H2,(H,16,17). The van der Waals surface area contributed by atoms with Crippen LogP contribution in [0.3, 0.4) is 0 Å². The van der Waals surface area contributed by atoms with E-state index in [0.29, 0.717) is 6.54 Å². The molecule has 1 N–H and O–H groups in total. The summed E-state index contributed by atoms with van der Waals surface area (Å²) in [4.78, 5) is 10.9. The molecule has 5 nitrogen and oxygen atoms in total. The van der Waals surface area contributed by atoms with E-state index in [4.69, 9.17) is 9.84 Å². The summed E-state index contributed by atoms with van der Waals surface area (Å²) < 4.78 is 20.3. The molecule has 0 aliphatic carbocycles. The number of rotatable bonds is 5. The molecular formula is C12H11FN2O3. The summed E-state index contributed by atoms with van der Waals surface area (Å²) in [5.74, 6) is -2.14. The van der Waals surface area contributed by atoms with Crippen LogP contribution in [-0.2, 0) is 6.54 Å². The first-order chi connectivity index (χ1) is 8.68. The fourth-order valence-corrected chi connectivity index (χ4v) is 1.50. The molecule has 2 aromatic rings. The molecule has 0 unspecified atom stereocenters. The van der Waals surface area contributed by atoms with Crippen LogP contribution in [0.1, 0.15) is 10.4 Å². The number of benzene rings is 1. The van der Waals surface area contributed by atoms with Crippen LogP contribution in [0, 0.1) is 5.82 Å². The third-order valence-electron chi connectivity index (χ3n) is 2.32. The minimum absolute atomic E-state index is 0.142. The molecule has 1 aromatic heterocycles. The molecule has 2 rings (SSSR count). The number of carboxylic acids is 1. The van der Waals surface area contributed by atoms with Crippen LogP contribution < -0.4 is 4.74 Å². The molecule has 0 atom stereocenters. The second-order valence-electron chi connectivity index (χ2n) is 3.54. The van der Waals surface area contributed by atoms with E-state index in [0.717, 1.165) is 6.07 Å². The number of nitrogens with zero attached hydrogens (tertiary/aromatic N) is 2. The molecule has 0 saturated carbocycles. The molecule has 6 heteroatoms. The van der Waals surface area contributed by atoms with E-state index >= 15 is 0 Å². The minimum Gasteiger partial charge on any atom is -0.488 e. The number of carbonyl (C=O) groups is 1. The largest absolute Gasteiger partial charge is 0.488 e. The lowest BCUT2D eigenvalue weighted by Gasteiger charge is -2.09. The summed E-state index contributed by atoms with van der Waals surface area (Å²) in [6, 6.07) is 5.55. The van der Waals surface area contributed by atoms with Crippen LogP contribution in [0.4, 0.5) is 4.39 Å². The second-order valence-corrected chi connectivity index (χ2v) is 3.54. The van der Waals surface area contributed by atoms with Gasteiger partial charge in [0.2, 0.25) is 0 Å². The number of hydrogen-bond acceptors (Lipinski definition) is 3. The molecule has 0 saturated heterocycles. The van der Waals surface area contributed by atoms with Crippen molar-refractivity contribution in [3.8, 4) is 5.75 Å². The molecule has 0 bridgehead atoms. The van der Waals surface area contributed by atoms with Gasteiger partial charge in [-0.05, 0) is 18.2 Å². The number of hydrogen-bond donors (Lipinski definition) is 1. The van der Waals surface area contributed by atoms with Crippen molar-refractivity contribution < 1.29 is 19.0 Å². The van der Waals surface area contributed by atoms with Crippen LogP contribution >= 0.6 is 0 Å². The van der Waals surface area contributed by atoms with E-state index in [2.05, 4.69) is 5.10 Å². The molecule has 0 radical (unpaired) electrons. The number of halogens is 1. The lowest BCUT2D eigenvalue weighted by molar-refractivity contribution is 0.0691. The van der Waals surface area contributed by atoms with Gasteiger partial charge in [0, 0.05) is 12.4 Å². The van der Waals surface area contributed by atoms with Crippen molar-refractivity contribution in [1.29, 1.82) is 0 Å². The van der Waals surface area contributed by atoms with E-state index in [1.807, 2.05) is 0 Å². The smallest absolute Gasteiger partial charge is 0.339 e. The Morgan fingerprint density at radius 1 is 1.44 bits per heavy atom. The van der Waals surface area contributed by atoms with Gasteiger partial charge in [-0.3, -0.25) is 4.68 Å². The van der Waals surface area contributed by atoms with E-state index in [-0.39, 0.29) is 17.9 Å². The summed E-state index contributed by atoms with van der Waals surface area (Å²) in [5.41, 5.74) is -0.185. The first kappa shape index (κ1) is 12.1. The Morgan fingerprint density at radius 3 is 2.94 bits per heavy atom. The van der Waals surface area contributed by atoms with Crippen molar-refractivity contribution >= 4 is 5.97 Å². The zero-order valence-electron chi connectivity index (χ0n) is 9.41. The average Bonchev–Trinajstić information content (AvgIpc) is 2.84. The highest BCUT2D eigenvalue weighted by Crippen LogP contribution is 2.22. The SMILES string of the molecule is O=C(O)c1cccc(F)c1OCCn1cccn1. The van der Waals surface area contributed by atoms with Gasteiger partial charge in [-0.1, -0.05) is 6.07 Å². The van der Waals surface area contributed by atoms with E-state index < -0.39 is 11.8 Å². The minimum atomic E-state index is -1.22. The normalized spacial score (nSPS) is 10.3. The highest BCUT2D eigenvalue weighted by Gasteiger charge is 2.15. The third-order valence-corrected chi connectivity index (χ3v) is 2.32. The van der Waals surface area contributed by atoms with Crippen molar-refractivity contribution in [3.05, 3.63) is 48.0 Å². The first-order valence-electron chi connectivity index (χ1n) is 5.30. The van der Waals surface area contributed by atoms with Gasteiger partial charge in [0.05, 0.1) is 6.54 Å². The van der Waals surface area contributed by atoms with Crippen molar-refractivity contribution in [3.63, 3.8) is 0 Å². The van der Waals surface area contributed by atoms with E-state index in [1.165, 1.54) is 12.1 Å². The average molecular weight is 250 g/mol. The molecule has 0 amide bonds. The second kappa shape index (κ2) is 5.31. The number of carboxylic acid groups (broad SMARTS) is 1. The van der Waals surface area contributed by atoms with Gasteiger partial charge in [-0.15, -0.1) is 0 Å². The van der Waals surface area contributed by atoms with Crippen molar-refractivity contribution in [2.75, 3.05) is 6.61 Å². The predicted octanol–water partition coefficient (Wildman–Crippen LogP) is 1.80. The molecule has 0 aliphatic heterocycles. The van der Waals surface area contributed by atoms with Crippen molar-refractivity contribution in [2.24, 2.45) is 0 Å². The Hall–Kier alpha value is -2.37. The highest BCUT2D eigenvalue weighted by atomic mass is 19.1. The van der Waals surface area contributed by atoms with E-state index in [9.17, 15) is 9.18 Å². The van der Waals surface area contributed by atoms with Crippen LogP contribution in [0.2, 0.25) is 0 Å². The van der Waals surface area contributed by atoms with Crippen LogP contribution in [-0.4, -0.2) is 27.5 Å². The fraction of sp³-hybridized carbons (Fsp3) is 0.167. The Kier molecular flexibility index (Phi) is 3.57. The quantitative estimate of drug-likeness (QED) is 0.878. The van der Waals surface area contributed by atoms with Gasteiger partial charge in [0.25, 0.3) is 0 Å². The molecule has 0 aliphatic rings. The van der Waals surface area contributed by atoms with Gasteiger partial charge >= 0.3 is 5.97 Å². The van der Waals surface area contributed by atoms with Gasteiger partial charge in [-0.2, -0.15) is 5.10 Å². The summed E-state index contributed by atoms with van der Waals surface area (Å²) in [7, 11) is 0. The highest BCUT2D eigenvalue weighted by molar-refractivity contribution is 5.90. The van der Waals surface area contributed by atoms with Gasteiger partial charge in [-0.25, -0.2) is 9.18 Å². The Morgan fingerprint density at radius 2 is 2.28 bits per heavy atom. The van der Waals surface area contributed by atoms with Crippen molar-refractivity contribution in [2.45, 2.75) is 6.54 Å². The van der Waals surface area contributed by atoms with E-state index in [1.54, 1.807) is 23.1 Å². The fourth-order valence-electron chi connectivity index (χ4n) is 1.50. The maximum atomic E-state index is 13.5. The molecule has 0 fully saturated rings. The van der Waals surface area contributed by atoms with Gasteiger partial charge < -0.3 is 9.84 Å². The Balaban J connectivity index is 2.06.